The van der Waals surface area contributed by atoms with E-state index in [-0.39, 0.29) is 11.9 Å². The summed E-state index contributed by atoms with van der Waals surface area (Å²) in [6.45, 7) is 2.04. The molecule has 0 aliphatic heterocycles. The number of amides is 1. The van der Waals surface area contributed by atoms with Gasteiger partial charge in [-0.2, -0.15) is 0 Å². The Labute approximate surface area is 135 Å². The van der Waals surface area contributed by atoms with Crippen LogP contribution in [0.5, 0.6) is 0 Å². The smallest absolute Gasteiger partial charge is 0.270 e. The van der Waals surface area contributed by atoms with E-state index in [9.17, 15) is 4.79 Å². The van der Waals surface area contributed by atoms with Crippen LogP contribution in [0.2, 0.25) is 0 Å². The number of hydrogen-bond donors (Lipinski definition) is 1. The molecule has 2 aromatic rings. The number of carbonyl (C=O) groups is 1. The van der Waals surface area contributed by atoms with Gasteiger partial charge in [0, 0.05) is 15.1 Å². The van der Waals surface area contributed by atoms with E-state index in [0.717, 1.165) is 20.9 Å². The van der Waals surface area contributed by atoms with Crippen molar-refractivity contribution in [3.8, 4) is 0 Å². The van der Waals surface area contributed by atoms with Gasteiger partial charge in [-0.1, -0.05) is 35.0 Å². The summed E-state index contributed by atoms with van der Waals surface area (Å²) < 4.78 is 1.88. The van der Waals surface area contributed by atoms with E-state index in [4.69, 9.17) is 0 Å². The standard InChI is InChI=1S/C15H14Br2N2O/c1-2-13(10-3-5-11(16)6-4-10)19-15(20)14-8-7-12(17)9-18-14/h3-9,13H,2H2,1H3,(H,19,20). The monoisotopic (exact) mass is 396 g/mol. The van der Waals surface area contributed by atoms with Crippen molar-refractivity contribution >= 4 is 37.8 Å². The van der Waals surface area contributed by atoms with Gasteiger partial charge in [-0.25, -0.2) is 4.98 Å². The van der Waals surface area contributed by atoms with Crippen LogP contribution in [0.1, 0.15) is 35.4 Å². The number of halogens is 2. The number of hydrogen-bond acceptors (Lipinski definition) is 2. The molecule has 1 aromatic carbocycles. The molecule has 2 rings (SSSR count). The first kappa shape index (κ1) is 15.2. The van der Waals surface area contributed by atoms with Gasteiger partial charge in [0.05, 0.1) is 6.04 Å². The van der Waals surface area contributed by atoms with Gasteiger partial charge in [-0.3, -0.25) is 4.79 Å². The van der Waals surface area contributed by atoms with Gasteiger partial charge >= 0.3 is 0 Å². The summed E-state index contributed by atoms with van der Waals surface area (Å²) in [5.41, 5.74) is 1.50. The van der Waals surface area contributed by atoms with Crippen LogP contribution in [0.25, 0.3) is 0 Å². The molecule has 0 bridgehead atoms. The highest BCUT2D eigenvalue weighted by Gasteiger charge is 2.14. The van der Waals surface area contributed by atoms with Gasteiger partial charge in [-0.15, -0.1) is 0 Å². The van der Waals surface area contributed by atoms with Crippen LogP contribution in [0.4, 0.5) is 0 Å². The lowest BCUT2D eigenvalue weighted by Gasteiger charge is -2.17. The largest absolute Gasteiger partial charge is 0.344 e. The van der Waals surface area contributed by atoms with Crippen LogP contribution in [0, 0.1) is 0 Å². The van der Waals surface area contributed by atoms with Crippen LogP contribution in [-0.4, -0.2) is 10.9 Å². The van der Waals surface area contributed by atoms with Gasteiger partial charge in [0.2, 0.25) is 0 Å². The molecule has 0 aliphatic rings. The zero-order valence-electron chi connectivity index (χ0n) is 10.9. The fourth-order valence-electron chi connectivity index (χ4n) is 1.86. The average molecular weight is 398 g/mol. The summed E-state index contributed by atoms with van der Waals surface area (Å²) in [4.78, 5) is 16.3. The Bertz CT molecular complexity index is 582. The molecule has 0 radical (unpaired) electrons. The highest BCUT2D eigenvalue weighted by molar-refractivity contribution is 9.10. The summed E-state index contributed by atoms with van der Waals surface area (Å²) in [6.07, 6.45) is 2.44. The van der Waals surface area contributed by atoms with E-state index in [1.807, 2.05) is 37.3 Å². The van der Waals surface area contributed by atoms with Crippen LogP contribution >= 0.6 is 31.9 Å². The van der Waals surface area contributed by atoms with Crippen LogP contribution in [-0.2, 0) is 0 Å². The number of rotatable bonds is 4. The number of aromatic nitrogens is 1. The molecule has 5 heteroatoms. The number of nitrogens with zero attached hydrogens (tertiary/aromatic N) is 1. The predicted molar refractivity (Wildman–Crippen MR) is 86.6 cm³/mol. The van der Waals surface area contributed by atoms with Crippen molar-refractivity contribution in [2.75, 3.05) is 0 Å². The average Bonchev–Trinajstić information content (AvgIpc) is 2.46. The van der Waals surface area contributed by atoms with E-state index in [1.165, 1.54) is 0 Å². The molecule has 1 N–H and O–H groups in total. The highest BCUT2D eigenvalue weighted by Crippen LogP contribution is 2.20. The lowest BCUT2D eigenvalue weighted by atomic mass is 10.0. The van der Waals surface area contributed by atoms with Crippen LogP contribution < -0.4 is 5.32 Å². The normalized spacial score (nSPS) is 11.9. The summed E-state index contributed by atoms with van der Waals surface area (Å²) in [5.74, 6) is -0.160. The summed E-state index contributed by atoms with van der Waals surface area (Å²) >= 11 is 6.71. The first-order chi connectivity index (χ1) is 9.60. The topological polar surface area (TPSA) is 42.0 Å². The summed E-state index contributed by atoms with van der Waals surface area (Å²) in [7, 11) is 0. The van der Waals surface area contributed by atoms with E-state index in [1.54, 1.807) is 12.3 Å². The van der Waals surface area contributed by atoms with Crippen molar-refractivity contribution in [3.05, 3.63) is 62.8 Å². The molecule has 0 spiro atoms. The minimum Gasteiger partial charge on any atom is -0.344 e. The van der Waals surface area contributed by atoms with Crippen molar-refractivity contribution in [3.63, 3.8) is 0 Å². The Kier molecular flexibility index (Phi) is 5.31. The summed E-state index contributed by atoms with van der Waals surface area (Å²) in [5, 5.41) is 3.01. The number of benzene rings is 1. The van der Waals surface area contributed by atoms with Crippen molar-refractivity contribution in [2.24, 2.45) is 0 Å². The second-order valence-corrected chi connectivity index (χ2v) is 6.18. The van der Waals surface area contributed by atoms with E-state index in [0.29, 0.717) is 5.69 Å². The van der Waals surface area contributed by atoms with E-state index < -0.39 is 0 Å². The molecule has 1 amide bonds. The fraction of sp³-hybridized carbons (Fsp3) is 0.200. The maximum Gasteiger partial charge on any atom is 0.270 e. The molecule has 0 saturated heterocycles. The lowest BCUT2D eigenvalue weighted by molar-refractivity contribution is 0.0930. The van der Waals surface area contributed by atoms with Crippen molar-refractivity contribution in [2.45, 2.75) is 19.4 Å². The second-order valence-electron chi connectivity index (χ2n) is 4.35. The Morgan fingerprint density at radius 3 is 2.35 bits per heavy atom. The van der Waals surface area contributed by atoms with E-state index >= 15 is 0 Å². The molecule has 0 aliphatic carbocycles. The third kappa shape index (κ3) is 3.90. The molecule has 3 nitrogen and oxygen atoms in total. The quantitative estimate of drug-likeness (QED) is 0.825. The van der Waals surface area contributed by atoms with Crippen LogP contribution in [0.15, 0.2) is 51.5 Å². The Balaban J connectivity index is 2.11. The summed E-state index contributed by atoms with van der Waals surface area (Å²) in [6, 6.07) is 11.5. The van der Waals surface area contributed by atoms with Gasteiger partial charge in [0.25, 0.3) is 5.91 Å². The third-order valence-electron chi connectivity index (χ3n) is 2.95. The third-order valence-corrected chi connectivity index (χ3v) is 3.94. The Morgan fingerprint density at radius 1 is 1.15 bits per heavy atom. The van der Waals surface area contributed by atoms with Gasteiger partial charge in [0.1, 0.15) is 5.69 Å². The maximum absolute atomic E-state index is 12.2. The van der Waals surface area contributed by atoms with Crippen molar-refractivity contribution < 1.29 is 4.79 Å². The fourth-order valence-corrected chi connectivity index (χ4v) is 2.36. The SMILES string of the molecule is CCC(NC(=O)c1ccc(Br)cn1)c1ccc(Br)cc1. The molecule has 1 aromatic heterocycles. The molecule has 1 atom stereocenters. The zero-order valence-corrected chi connectivity index (χ0v) is 14.1. The number of nitrogens with one attached hydrogen (secondary N) is 1. The van der Waals surface area contributed by atoms with Crippen molar-refractivity contribution in [1.82, 2.24) is 10.3 Å². The minimum atomic E-state index is -0.160. The Morgan fingerprint density at radius 2 is 1.80 bits per heavy atom. The van der Waals surface area contributed by atoms with Gasteiger partial charge < -0.3 is 5.32 Å². The second kappa shape index (κ2) is 6.99. The molecular formula is C15H14Br2N2O. The molecule has 1 heterocycles. The highest BCUT2D eigenvalue weighted by atomic mass is 79.9. The predicted octanol–water partition coefficient (Wildman–Crippen LogP) is 4.49. The first-order valence-electron chi connectivity index (χ1n) is 6.28. The van der Waals surface area contributed by atoms with Gasteiger partial charge in [0.15, 0.2) is 0 Å². The van der Waals surface area contributed by atoms with Crippen LogP contribution in [0.3, 0.4) is 0 Å². The number of carbonyl (C=O) groups excluding carboxylic acids is 1. The molecule has 1 unspecified atom stereocenters. The Hall–Kier alpha value is -1.20. The molecule has 0 saturated carbocycles. The molecule has 0 fully saturated rings. The van der Waals surface area contributed by atoms with Crippen molar-refractivity contribution in [1.29, 1.82) is 0 Å². The molecule has 104 valence electrons. The zero-order chi connectivity index (χ0) is 14.5. The lowest BCUT2D eigenvalue weighted by Crippen LogP contribution is -2.28. The molecule has 20 heavy (non-hydrogen) atoms. The first-order valence-corrected chi connectivity index (χ1v) is 7.86. The molecular weight excluding hydrogens is 384 g/mol. The number of pyridine rings is 1. The van der Waals surface area contributed by atoms with E-state index in [2.05, 4.69) is 42.2 Å². The maximum atomic E-state index is 12.2. The minimum absolute atomic E-state index is 0.0129. The van der Waals surface area contributed by atoms with Gasteiger partial charge in [-0.05, 0) is 52.2 Å².